The van der Waals surface area contributed by atoms with Crippen LogP contribution in [-0.4, -0.2) is 22.2 Å². The molecule has 0 amide bonds. The van der Waals surface area contributed by atoms with Gasteiger partial charge in [0.15, 0.2) is 17.6 Å². The highest BCUT2D eigenvalue weighted by Crippen LogP contribution is 2.25. The lowest BCUT2D eigenvalue weighted by molar-refractivity contribution is -0.145. The minimum absolute atomic E-state index is 0.208. The number of ether oxygens (including phenoxy) is 1. The number of aromatic nitrogens is 1. The highest BCUT2D eigenvalue weighted by atomic mass is 16.5. The average molecular weight is 263 g/mol. The minimum atomic E-state index is -0.967. The fourth-order valence-corrected chi connectivity index (χ4v) is 1.72. The third-order valence-corrected chi connectivity index (χ3v) is 2.79. The Labute approximate surface area is 111 Å². The van der Waals surface area contributed by atoms with Crippen LogP contribution >= 0.6 is 0 Å². The maximum absolute atomic E-state index is 10.9. The van der Waals surface area contributed by atoms with Crippen LogP contribution in [-0.2, 0) is 4.79 Å². The van der Waals surface area contributed by atoms with E-state index in [1.54, 1.807) is 25.1 Å². The highest BCUT2D eigenvalue weighted by Gasteiger charge is 2.17. The van der Waals surface area contributed by atoms with Crippen LogP contribution in [0.25, 0.3) is 11.1 Å². The molecule has 19 heavy (non-hydrogen) atoms. The van der Waals surface area contributed by atoms with E-state index in [9.17, 15) is 4.79 Å². The molecule has 1 N–H and O–H groups in total. The Bertz CT molecular complexity index is 588. The maximum Gasteiger partial charge on any atom is 0.344 e. The van der Waals surface area contributed by atoms with Gasteiger partial charge in [-0.1, -0.05) is 20.8 Å². The van der Waals surface area contributed by atoms with Gasteiger partial charge in [0.1, 0.15) is 11.3 Å². The number of carboxylic acid groups (broad SMARTS) is 1. The fourth-order valence-electron chi connectivity index (χ4n) is 1.72. The first-order valence-corrected chi connectivity index (χ1v) is 6.31. The van der Waals surface area contributed by atoms with Crippen molar-refractivity contribution in [2.45, 2.75) is 39.2 Å². The zero-order chi connectivity index (χ0) is 14.0. The Morgan fingerprint density at radius 2 is 2.21 bits per heavy atom. The molecule has 5 nitrogen and oxygen atoms in total. The third kappa shape index (κ3) is 2.86. The molecule has 2 rings (SSSR count). The summed E-state index contributed by atoms with van der Waals surface area (Å²) in [5.41, 5.74) is 1.36. The van der Waals surface area contributed by atoms with Crippen LogP contribution < -0.4 is 4.74 Å². The summed E-state index contributed by atoms with van der Waals surface area (Å²) in [6, 6.07) is 5.15. The monoisotopic (exact) mass is 263 g/mol. The van der Waals surface area contributed by atoms with E-state index in [0.717, 1.165) is 0 Å². The second-order valence-corrected chi connectivity index (χ2v) is 4.69. The van der Waals surface area contributed by atoms with Gasteiger partial charge in [-0.05, 0) is 18.6 Å². The van der Waals surface area contributed by atoms with Crippen molar-refractivity contribution < 1.29 is 19.1 Å². The summed E-state index contributed by atoms with van der Waals surface area (Å²) in [5.74, 6) is 0.396. The van der Waals surface area contributed by atoms with E-state index >= 15 is 0 Å². The molecule has 0 radical (unpaired) electrons. The van der Waals surface area contributed by atoms with Gasteiger partial charge in [0.2, 0.25) is 0 Å². The molecule has 0 aliphatic rings. The zero-order valence-electron chi connectivity index (χ0n) is 11.2. The van der Waals surface area contributed by atoms with Crippen LogP contribution in [0.3, 0.4) is 0 Å². The van der Waals surface area contributed by atoms with Gasteiger partial charge in [0.05, 0.1) is 0 Å². The average Bonchev–Trinajstić information content (AvgIpc) is 2.78. The lowest BCUT2D eigenvalue weighted by atomic mass is 10.2. The van der Waals surface area contributed by atoms with Crippen molar-refractivity contribution in [2.75, 3.05) is 0 Å². The molecule has 1 aromatic carbocycles. The van der Waals surface area contributed by atoms with E-state index in [1.807, 2.05) is 13.8 Å². The van der Waals surface area contributed by atoms with Gasteiger partial charge in [-0.3, -0.25) is 0 Å². The first kappa shape index (κ1) is 13.4. The molecule has 0 spiro atoms. The number of hydrogen-bond acceptors (Lipinski definition) is 4. The number of benzene rings is 1. The summed E-state index contributed by atoms with van der Waals surface area (Å²) in [6.07, 6.45) is -0.433. The molecule has 0 aliphatic carbocycles. The molecule has 5 heteroatoms. The molecule has 1 aromatic heterocycles. The number of hydrogen-bond donors (Lipinski definition) is 1. The van der Waals surface area contributed by atoms with Crippen molar-refractivity contribution in [1.29, 1.82) is 0 Å². The van der Waals surface area contributed by atoms with Gasteiger partial charge in [0.25, 0.3) is 0 Å². The van der Waals surface area contributed by atoms with Gasteiger partial charge in [-0.25, -0.2) is 9.78 Å². The topological polar surface area (TPSA) is 72.6 Å². The normalized spacial score (nSPS) is 12.8. The molecule has 0 saturated carbocycles. The number of fused-ring (bicyclic) bond motifs is 1. The molecule has 102 valence electrons. The van der Waals surface area contributed by atoms with E-state index in [4.69, 9.17) is 14.3 Å². The van der Waals surface area contributed by atoms with Crippen LogP contribution in [0.2, 0.25) is 0 Å². The molecule has 2 aromatic rings. The third-order valence-electron chi connectivity index (χ3n) is 2.79. The molecule has 1 atom stereocenters. The molecule has 1 unspecified atom stereocenters. The number of carboxylic acids is 1. The molecular weight excluding hydrogens is 246 g/mol. The van der Waals surface area contributed by atoms with Crippen molar-refractivity contribution in [3.05, 3.63) is 24.1 Å². The quantitative estimate of drug-likeness (QED) is 0.896. The number of oxazole rings is 1. The Morgan fingerprint density at radius 3 is 2.79 bits per heavy atom. The van der Waals surface area contributed by atoms with Crippen LogP contribution in [0.4, 0.5) is 0 Å². The number of carbonyl (C=O) groups is 1. The SMILES string of the molecule is CCC(Oc1ccc2oc(C(C)C)nc2c1)C(=O)O. The van der Waals surface area contributed by atoms with E-state index in [2.05, 4.69) is 4.98 Å². The second kappa shape index (κ2) is 5.30. The van der Waals surface area contributed by atoms with Crippen molar-refractivity contribution >= 4 is 17.1 Å². The smallest absolute Gasteiger partial charge is 0.344 e. The molecule has 0 aliphatic heterocycles. The van der Waals surface area contributed by atoms with Crippen LogP contribution in [0, 0.1) is 0 Å². The predicted octanol–water partition coefficient (Wildman–Crippen LogP) is 3.19. The van der Waals surface area contributed by atoms with Crippen molar-refractivity contribution in [2.24, 2.45) is 0 Å². The van der Waals surface area contributed by atoms with Gasteiger partial charge in [-0.2, -0.15) is 0 Å². The Hall–Kier alpha value is -2.04. The Morgan fingerprint density at radius 1 is 1.47 bits per heavy atom. The van der Waals surface area contributed by atoms with Gasteiger partial charge >= 0.3 is 5.97 Å². The van der Waals surface area contributed by atoms with E-state index in [0.29, 0.717) is 29.2 Å². The Kier molecular flexibility index (Phi) is 3.74. The van der Waals surface area contributed by atoms with E-state index in [-0.39, 0.29) is 5.92 Å². The van der Waals surface area contributed by atoms with Crippen LogP contribution in [0.15, 0.2) is 22.6 Å². The molecule has 1 heterocycles. The Balaban J connectivity index is 2.28. The second-order valence-electron chi connectivity index (χ2n) is 4.69. The molecule has 0 saturated heterocycles. The standard InChI is InChI=1S/C14H17NO4/c1-4-11(14(16)17)18-9-5-6-12-10(7-9)15-13(19-12)8(2)3/h5-8,11H,4H2,1-3H3,(H,16,17). The van der Waals surface area contributed by atoms with Crippen molar-refractivity contribution in [1.82, 2.24) is 4.98 Å². The van der Waals surface area contributed by atoms with E-state index in [1.165, 1.54) is 0 Å². The number of nitrogens with zero attached hydrogens (tertiary/aromatic N) is 1. The lowest BCUT2D eigenvalue weighted by Crippen LogP contribution is -2.25. The number of aliphatic carboxylic acids is 1. The zero-order valence-corrected chi connectivity index (χ0v) is 11.2. The van der Waals surface area contributed by atoms with Crippen molar-refractivity contribution in [3.8, 4) is 5.75 Å². The van der Waals surface area contributed by atoms with Gasteiger partial charge < -0.3 is 14.3 Å². The minimum Gasteiger partial charge on any atom is -0.479 e. The van der Waals surface area contributed by atoms with Crippen LogP contribution in [0.1, 0.15) is 39.0 Å². The van der Waals surface area contributed by atoms with Gasteiger partial charge in [-0.15, -0.1) is 0 Å². The molecular formula is C14H17NO4. The fraction of sp³-hybridized carbons (Fsp3) is 0.429. The molecule has 0 fully saturated rings. The highest BCUT2D eigenvalue weighted by molar-refractivity contribution is 5.75. The van der Waals surface area contributed by atoms with Crippen molar-refractivity contribution in [3.63, 3.8) is 0 Å². The predicted molar refractivity (Wildman–Crippen MR) is 70.4 cm³/mol. The summed E-state index contributed by atoms with van der Waals surface area (Å²) >= 11 is 0. The summed E-state index contributed by atoms with van der Waals surface area (Å²) in [5, 5.41) is 8.97. The summed E-state index contributed by atoms with van der Waals surface area (Å²) in [4.78, 5) is 15.3. The van der Waals surface area contributed by atoms with Gasteiger partial charge in [0, 0.05) is 12.0 Å². The number of rotatable bonds is 5. The molecule has 0 bridgehead atoms. The first-order chi connectivity index (χ1) is 9.01. The van der Waals surface area contributed by atoms with Crippen LogP contribution in [0.5, 0.6) is 5.75 Å². The van der Waals surface area contributed by atoms with E-state index < -0.39 is 12.1 Å². The summed E-state index contributed by atoms with van der Waals surface area (Å²) in [7, 11) is 0. The maximum atomic E-state index is 10.9. The summed E-state index contributed by atoms with van der Waals surface area (Å²) < 4.78 is 11.0. The lowest BCUT2D eigenvalue weighted by Gasteiger charge is -2.12. The summed E-state index contributed by atoms with van der Waals surface area (Å²) in [6.45, 7) is 5.77. The first-order valence-electron chi connectivity index (χ1n) is 6.31. The largest absolute Gasteiger partial charge is 0.479 e.